The molecule has 0 heterocycles. The molecule has 0 amide bonds. The van der Waals surface area contributed by atoms with E-state index in [2.05, 4.69) is 0 Å². The van der Waals surface area contributed by atoms with Gasteiger partial charge >= 0.3 is 6.16 Å². The molecule has 0 fully saturated rings. The van der Waals surface area contributed by atoms with Gasteiger partial charge in [0.25, 0.3) is 0 Å². The van der Waals surface area contributed by atoms with Crippen LogP contribution in [0, 0.1) is 0 Å². The van der Waals surface area contributed by atoms with Crippen molar-refractivity contribution in [3.05, 3.63) is 59.7 Å². The molecule has 0 bridgehead atoms. The number of carbonyl (C=O) groups excluding carboxylic acids is 2. The van der Waals surface area contributed by atoms with Crippen molar-refractivity contribution >= 4 is 11.9 Å². The summed E-state index contributed by atoms with van der Waals surface area (Å²) in [7, 11) is 2.97. The molecular formula is C29H40O12. The Balaban J connectivity index is 1.65. The number of ketones is 1. The molecule has 2 aromatic carbocycles. The van der Waals surface area contributed by atoms with Crippen LogP contribution in [-0.4, -0.2) is 111 Å². The zero-order chi connectivity index (χ0) is 29.5. The van der Waals surface area contributed by atoms with E-state index < -0.39 is 18.0 Å². The van der Waals surface area contributed by atoms with Crippen LogP contribution in [-0.2, 0) is 33.2 Å². The average Bonchev–Trinajstić information content (AvgIpc) is 3.01. The number of aliphatic hydroxyl groups is 1. The van der Waals surface area contributed by atoms with Gasteiger partial charge in [0.05, 0.1) is 86.9 Å². The molecule has 2 aromatic rings. The average molecular weight is 581 g/mol. The maximum Gasteiger partial charge on any atom is 0.509 e. The first-order valence-electron chi connectivity index (χ1n) is 13.2. The second-order valence-corrected chi connectivity index (χ2v) is 8.26. The van der Waals surface area contributed by atoms with E-state index >= 15 is 0 Å². The normalized spacial score (nSPS) is 11.6. The van der Waals surface area contributed by atoms with Crippen LogP contribution in [0.3, 0.4) is 0 Å². The van der Waals surface area contributed by atoms with Crippen molar-refractivity contribution in [2.45, 2.75) is 6.10 Å². The molecule has 0 aromatic heterocycles. The van der Waals surface area contributed by atoms with Gasteiger partial charge < -0.3 is 47.7 Å². The number of ether oxygens (including phenoxy) is 9. The van der Waals surface area contributed by atoms with Gasteiger partial charge in [-0.3, -0.25) is 4.79 Å². The molecule has 0 saturated heterocycles. The summed E-state index contributed by atoms with van der Waals surface area (Å²) in [5.74, 6) is 0.455. The quantitative estimate of drug-likeness (QED) is 0.118. The highest BCUT2D eigenvalue weighted by Gasteiger charge is 2.28. The molecule has 0 aliphatic carbocycles. The molecule has 228 valence electrons. The molecule has 1 unspecified atom stereocenters. The van der Waals surface area contributed by atoms with E-state index in [4.69, 9.17) is 47.7 Å². The Morgan fingerprint density at radius 1 is 0.659 bits per heavy atom. The first-order chi connectivity index (χ1) is 20.1. The highest BCUT2D eigenvalue weighted by molar-refractivity contribution is 6.00. The fraction of sp³-hybridized carbons (Fsp3) is 0.517. The van der Waals surface area contributed by atoms with Gasteiger partial charge in [0.2, 0.25) is 5.78 Å². The molecule has 41 heavy (non-hydrogen) atoms. The van der Waals surface area contributed by atoms with Crippen LogP contribution in [0.25, 0.3) is 0 Å². The fourth-order valence-electron chi connectivity index (χ4n) is 3.37. The van der Waals surface area contributed by atoms with Gasteiger partial charge in [-0.25, -0.2) is 4.79 Å². The van der Waals surface area contributed by atoms with Crippen LogP contribution in [0.1, 0.15) is 22.0 Å². The third kappa shape index (κ3) is 14.3. The van der Waals surface area contributed by atoms with E-state index in [0.717, 1.165) is 0 Å². The molecule has 1 N–H and O–H groups in total. The summed E-state index contributed by atoms with van der Waals surface area (Å²) in [6.45, 7) is 3.59. The molecule has 0 radical (unpaired) electrons. The minimum atomic E-state index is -1.28. The van der Waals surface area contributed by atoms with Gasteiger partial charge in [-0.15, -0.1) is 0 Å². The lowest BCUT2D eigenvalue weighted by Gasteiger charge is -2.18. The molecular weight excluding hydrogens is 540 g/mol. The lowest BCUT2D eigenvalue weighted by atomic mass is 9.99. The van der Waals surface area contributed by atoms with Gasteiger partial charge in [-0.05, 0) is 12.1 Å². The molecule has 0 aliphatic rings. The Labute approximate surface area is 240 Å². The fourth-order valence-corrected chi connectivity index (χ4v) is 3.37. The Morgan fingerprint density at radius 2 is 1.12 bits per heavy atom. The third-order valence-electron chi connectivity index (χ3n) is 5.36. The standard InChI is InChI=1S/C29H40O12/c1-33-25-20-24(21-26(22-25)34-2)28(27(31)23-6-4-3-5-7-23)41-29(32)40-19-18-39-17-16-38-15-14-37-13-12-36-11-10-35-9-8-30/h3-7,20-22,28,30H,8-19H2,1-2H3. The summed E-state index contributed by atoms with van der Waals surface area (Å²) in [4.78, 5) is 25.7. The highest BCUT2D eigenvalue weighted by Crippen LogP contribution is 2.30. The lowest BCUT2D eigenvalue weighted by molar-refractivity contribution is -0.0201. The predicted molar refractivity (Wildman–Crippen MR) is 147 cm³/mol. The maximum absolute atomic E-state index is 13.2. The van der Waals surface area contributed by atoms with Crippen molar-refractivity contribution in [3.8, 4) is 11.5 Å². The number of hydrogen-bond acceptors (Lipinski definition) is 12. The van der Waals surface area contributed by atoms with E-state index in [1.807, 2.05) is 0 Å². The second-order valence-electron chi connectivity index (χ2n) is 8.26. The molecule has 12 nitrogen and oxygen atoms in total. The molecule has 1 atom stereocenters. The molecule has 0 spiro atoms. The summed E-state index contributed by atoms with van der Waals surface area (Å²) in [6, 6.07) is 13.3. The Bertz CT molecular complexity index is 963. The number of aliphatic hydroxyl groups excluding tert-OH is 1. The van der Waals surface area contributed by atoms with Gasteiger partial charge in [0, 0.05) is 17.2 Å². The Kier molecular flexibility index (Phi) is 17.8. The minimum Gasteiger partial charge on any atom is -0.497 e. The topological polar surface area (TPSA) is 137 Å². The first-order valence-corrected chi connectivity index (χ1v) is 13.2. The number of methoxy groups -OCH3 is 2. The summed E-state index contributed by atoms with van der Waals surface area (Å²) >= 11 is 0. The van der Waals surface area contributed by atoms with Crippen molar-refractivity contribution in [1.29, 1.82) is 0 Å². The third-order valence-corrected chi connectivity index (χ3v) is 5.36. The van der Waals surface area contributed by atoms with E-state index in [1.165, 1.54) is 14.2 Å². The summed E-state index contributed by atoms with van der Waals surface area (Å²) in [5.41, 5.74) is 0.746. The van der Waals surface area contributed by atoms with E-state index in [0.29, 0.717) is 82.1 Å². The second kappa shape index (κ2) is 21.5. The molecule has 12 heteroatoms. The van der Waals surface area contributed by atoms with E-state index in [9.17, 15) is 9.59 Å². The number of hydrogen-bond donors (Lipinski definition) is 1. The number of carbonyl (C=O) groups is 2. The Morgan fingerprint density at radius 3 is 1.59 bits per heavy atom. The number of rotatable bonds is 23. The van der Waals surface area contributed by atoms with Crippen molar-refractivity contribution in [2.24, 2.45) is 0 Å². The number of Topliss-reactive ketones (excluding diaryl/α,β-unsaturated/α-hetero) is 1. The van der Waals surface area contributed by atoms with Gasteiger partial charge in [0.15, 0.2) is 6.10 Å². The van der Waals surface area contributed by atoms with Crippen LogP contribution in [0.15, 0.2) is 48.5 Å². The first kappa shape index (κ1) is 33.9. The molecule has 0 saturated carbocycles. The zero-order valence-electron chi connectivity index (χ0n) is 23.6. The summed E-state index contributed by atoms with van der Waals surface area (Å²) < 4.78 is 47.7. The largest absolute Gasteiger partial charge is 0.509 e. The molecule has 0 aliphatic heterocycles. The smallest absolute Gasteiger partial charge is 0.497 e. The zero-order valence-corrected chi connectivity index (χ0v) is 23.6. The SMILES string of the molecule is COc1cc(OC)cc(C(OC(=O)OCCOCCOCCOCCOCCOCCO)C(=O)c2ccccc2)c1. The van der Waals surface area contributed by atoms with E-state index in [-0.39, 0.29) is 19.8 Å². The van der Waals surface area contributed by atoms with Gasteiger partial charge in [-0.2, -0.15) is 0 Å². The van der Waals surface area contributed by atoms with Gasteiger partial charge in [0.1, 0.15) is 18.1 Å². The summed E-state index contributed by atoms with van der Waals surface area (Å²) in [5, 5.41) is 8.59. The van der Waals surface area contributed by atoms with Crippen LogP contribution >= 0.6 is 0 Å². The Hall–Kier alpha value is -3.26. The molecule has 2 rings (SSSR count). The monoisotopic (exact) mass is 580 g/mol. The van der Waals surface area contributed by atoms with Crippen LogP contribution < -0.4 is 9.47 Å². The van der Waals surface area contributed by atoms with Crippen LogP contribution in [0.4, 0.5) is 4.79 Å². The van der Waals surface area contributed by atoms with Crippen molar-refractivity contribution in [3.63, 3.8) is 0 Å². The predicted octanol–water partition coefficient (Wildman–Crippen LogP) is 2.86. The number of benzene rings is 2. The van der Waals surface area contributed by atoms with Crippen LogP contribution in [0.2, 0.25) is 0 Å². The minimum absolute atomic E-state index is 0.00188. The van der Waals surface area contributed by atoms with E-state index in [1.54, 1.807) is 48.5 Å². The maximum atomic E-state index is 13.2. The van der Waals surface area contributed by atoms with Gasteiger partial charge in [-0.1, -0.05) is 30.3 Å². The highest BCUT2D eigenvalue weighted by atomic mass is 16.7. The van der Waals surface area contributed by atoms with Crippen molar-refractivity contribution in [2.75, 3.05) is 93.5 Å². The summed E-state index contributed by atoms with van der Waals surface area (Å²) in [6.07, 6.45) is -2.29. The van der Waals surface area contributed by atoms with Crippen molar-refractivity contribution in [1.82, 2.24) is 0 Å². The van der Waals surface area contributed by atoms with Crippen LogP contribution in [0.5, 0.6) is 11.5 Å². The lowest BCUT2D eigenvalue weighted by Crippen LogP contribution is -2.22. The van der Waals surface area contributed by atoms with Crippen molar-refractivity contribution < 1.29 is 57.3 Å².